The summed E-state index contributed by atoms with van der Waals surface area (Å²) in [6, 6.07) is 13.1. The van der Waals surface area contributed by atoms with Crippen LogP contribution in [0.25, 0.3) is 0 Å². The summed E-state index contributed by atoms with van der Waals surface area (Å²) in [7, 11) is 0. The molecule has 26 heavy (non-hydrogen) atoms. The number of carbonyl (C=O) groups excluding carboxylic acids is 1. The van der Waals surface area contributed by atoms with E-state index in [9.17, 15) is 13.6 Å². The highest BCUT2D eigenvalue weighted by molar-refractivity contribution is 5.76. The van der Waals surface area contributed by atoms with Crippen LogP contribution in [0.2, 0.25) is 0 Å². The van der Waals surface area contributed by atoms with Crippen LogP contribution in [-0.4, -0.2) is 45.2 Å². The van der Waals surface area contributed by atoms with Gasteiger partial charge in [0.1, 0.15) is 11.6 Å². The molecule has 0 saturated carbocycles. The Labute approximate surface area is 152 Å². The molecule has 1 aliphatic rings. The van der Waals surface area contributed by atoms with Crippen LogP contribution >= 0.6 is 0 Å². The predicted octanol–water partition coefficient (Wildman–Crippen LogP) is 1.03. The van der Waals surface area contributed by atoms with Crippen molar-refractivity contribution in [2.24, 2.45) is 0 Å². The number of carbonyl (C=O) groups is 1. The van der Waals surface area contributed by atoms with Crippen LogP contribution in [-0.2, 0) is 11.2 Å². The fraction of sp³-hybridized carbons (Fsp3) is 0.350. The number of quaternary nitrogens is 1. The van der Waals surface area contributed by atoms with Crippen molar-refractivity contribution in [1.82, 2.24) is 5.32 Å². The molecule has 138 valence electrons. The molecule has 0 bridgehead atoms. The van der Waals surface area contributed by atoms with Crippen LogP contribution in [0, 0.1) is 11.6 Å². The van der Waals surface area contributed by atoms with Gasteiger partial charge in [0.05, 0.1) is 26.2 Å². The predicted molar refractivity (Wildman–Crippen MR) is 97.3 cm³/mol. The lowest BCUT2D eigenvalue weighted by Gasteiger charge is -2.33. The smallest absolute Gasteiger partial charge is 0.275 e. The van der Waals surface area contributed by atoms with Gasteiger partial charge in [-0.25, -0.2) is 8.78 Å². The Morgan fingerprint density at radius 3 is 2.42 bits per heavy atom. The molecule has 6 heteroatoms. The first-order chi connectivity index (χ1) is 12.6. The number of halogens is 2. The maximum atomic E-state index is 13.5. The highest BCUT2D eigenvalue weighted by Gasteiger charge is 2.22. The summed E-state index contributed by atoms with van der Waals surface area (Å²) in [6.45, 7) is 4.26. The van der Waals surface area contributed by atoms with Crippen molar-refractivity contribution in [1.29, 1.82) is 0 Å². The number of hydrogen-bond acceptors (Lipinski definition) is 2. The van der Waals surface area contributed by atoms with Gasteiger partial charge in [-0.15, -0.1) is 0 Å². The number of anilines is 1. The Bertz CT molecular complexity index is 728. The van der Waals surface area contributed by atoms with E-state index in [4.69, 9.17) is 0 Å². The van der Waals surface area contributed by atoms with E-state index in [1.807, 2.05) is 0 Å². The monoisotopic (exact) mass is 360 g/mol. The number of hydrogen-bond donors (Lipinski definition) is 2. The van der Waals surface area contributed by atoms with Crippen molar-refractivity contribution >= 4 is 11.6 Å². The molecule has 1 saturated heterocycles. The van der Waals surface area contributed by atoms with Gasteiger partial charge in [-0.1, -0.05) is 18.2 Å². The highest BCUT2D eigenvalue weighted by atomic mass is 19.1. The standard InChI is InChI=1S/C20H23F2N3O/c21-17-5-7-18(8-6-17)25-13-11-24(12-14-25)15-20(26)23-10-9-16-3-1-2-4-19(16)22/h1-8H,9-15H2,(H,23,26)/p+1. The molecule has 0 atom stereocenters. The molecule has 1 amide bonds. The van der Waals surface area contributed by atoms with Gasteiger partial charge in [0, 0.05) is 12.2 Å². The van der Waals surface area contributed by atoms with Gasteiger partial charge in [-0.2, -0.15) is 0 Å². The average molecular weight is 360 g/mol. The molecule has 0 radical (unpaired) electrons. The molecule has 0 aliphatic carbocycles. The van der Waals surface area contributed by atoms with Crippen molar-refractivity contribution in [3.63, 3.8) is 0 Å². The second-order valence-corrected chi connectivity index (χ2v) is 6.58. The zero-order valence-electron chi connectivity index (χ0n) is 14.7. The lowest BCUT2D eigenvalue weighted by Crippen LogP contribution is -3.16. The average Bonchev–Trinajstić information content (AvgIpc) is 2.65. The second kappa shape index (κ2) is 8.76. The van der Waals surface area contributed by atoms with Crippen LogP contribution in [0.5, 0.6) is 0 Å². The Morgan fingerprint density at radius 1 is 1.04 bits per heavy atom. The van der Waals surface area contributed by atoms with Crippen molar-refractivity contribution in [2.75, 3.05) is 44.2 Å². The van der Waals surface area contributed by atoms with Crippen molar-refractivity contribution < 1.29 is 18.5 Å². The van der Waals surface area contributed by atoms with E-state index in [1.165, 1.54) is 23.1 Å². The summed E-state index contributed by atoms with van der Waals surface area (Å²) >= 11 is 0. The Hall–Kier alpha value is -2.47. The molecule has 4 nitrogen and oxygen atoms in total. The van der Waals surface area contributed by atoms with Crippen LogP contribution in [0.1, 0.15) is 5.56 Å². The summed E-state index contributed by atoms with van der Waals surface area (Å²) in [5, 5.41) is 2.87. The summed E-state index contributed by atoms with van der Waals surface area (Å²) in [4.78, 5) is 15.5. The molecular formula is C20H24F2N3O+. The van der Waals surface area contributed by atoms with Gasteiger partial charge in [-0.3, -0.25) is 4.79 Å². The first kappa shape index (κ1) is 18.3. The Balaban J connectivity index is 1.38. The highest BCUT2D eigenvalue weighted by Crippen LogP contribution is 2.14. The zero-order valence-corrected chi connectivity index (χ0v) is 14.7. The van der Waals surface area contributed by atoms with E-state index < -0.39 is 0 Å². The fourth-order valence-electron chi connectivity index (χ4n) is 3.24. The Kier molecular flexibility index (Phi) is 6.17. The van der Waals surface area contributed by atoms with Gasteiger partial charge in [-0.05, 0) is 42.3 Å². The molecule has 1 fully saturated rings. The summed E-state index contributed by atoms with van der Waals surface area (Å²) in [5.41, 5.74) is 1.63. The lowest BCUT2D eigenvalue weighted by atomic mass is 10.1. The van der Waals surface area contributed by atoms with Crippen molar-refractivity contribution in [3.8, 4) is 0 Å². The molecule has 0 unspecified atom stereocenters. The SMILES string of the molecule is O=C(C[NH+]1CCN(c2ccc(F)cc2)CC1)NCCc1ccccc1F. The molecule has 2 aromatic carbocycles. The normalized spacial score (nSPS) is 15.1. The summed E-state index contributed by atoms with van der Waals surface area (Å²) in [6.07, 6.45) is 0.492. The third kappa shape index (κ3) is 5.02. The van der Waals surface area contributed by atoms with E-state index in [0.29, 0.717) is 25.1 Å². The number of amides is 1. The number of piperazine rings is 1. The number of benzene rings is 2. The molecule has 2 aromatic rings. The van der Waals surface area contributed by atoms with Crippen LogP contribution < -0.4 is 15.1 Å². The quantitative estimate of drug-likeness (QED) is 0.807. The summed E-state index contributed by atoms with van der Waals surface area (Å²) < 4.78 is 26.5. The van der Waals surface area contributed by atoms with E-state index in [0.717, 1.165) is 31.9 Å². The van der Waals surface area contributed by atoms with Crippen LogP contribution in [0.15, 0.2) is 48.5 Å². The summed E-state index contributed by atoms with van der Waals surface area (Å²) in [5.74, 6) is -0.471. The van der Waals surface area contributed by atoms with E-state index in [1.54, 1.807) is 30.3 Å². The third-order valence-electron chi connectivity index (χ3n) is 4.75. The minimum Gasteiger partial charge on any atom is -0.360 e. The van der Waals surface area contributed by atoms with Gasteiger partial charge in [0.15, 0.2) is 6.54 Å². The number of rotatable bonds is 6. The van der Waals surface area contributed by atoms with Gasteiger partial charge in [0.25, 0.3) is 5.91 Å². The minimum absolute atomic E-state index is 0.00780. The fourth-order valence-corrected chi connectivity index (χ4v) is 3.24. The minimum atomic E-state index is -0.232. The number of nitrogens with one attached hydrogen (secondary N) is 2. The third-order valence-corrected chi connectivity index (χ3v) is 4.75. The van der Waals surface area contributed by atoms with Gasteiger partial charge >= 0.3 is 0 Å². The van der Waals surface area contributed by atoms with E-state index in [2.05, 4.69) is 10.2 Å². The van der Waals surface area contributed by atoms with Crippen molar-refractivity contribution in [2.45, 2.75) is 6.42 Å². The van der Waals surface area contributed by atoms with Gasteiger partial charge < -0.3 is 15.1 Å². The van der Waals surface area contributed by atoms with E-state index >= 15 is 0 Å². The van der Waals surface area contributed by atoms with Crippen LogP contribution in [0.3, 0.4) is 0 Å². The maximum Gasteiger partial charge on any atom is 0.275 e. The topological polar surface area (TPSA) is 36.8 Å². The lowest BCUT2D eigenvalue weighted by molar-refractivity contribution is -0.892. The van der Waals surface area contributed by atoms with Crippen molar-refractivity contribution in [3.05, 3.63) is 65.7 Å². The molecule has 2 N–H and O–H groups in total. The first-order valence-electron chi connectivity index (χ1n) is 8.96. The number of nitrogens with zero attached hydrogens (tertiary/aromatic N) is 1. The molecule has 1 aliphatic heterocycles. The molecule has 1 heterocycles. The first-order valence-corrected chi connectivity index (χ1v) is 8.96. The van der Waals surface area contributed by atoms with Crippen LogP contribution in [0.4, 0.5) is 14.5 Å². The second-order valence-electron chi connectivity index (χ2n) is 6.58. The van der Waals surface area contributed by atoms with Gasteiger partial charge in [0.2, 0.25) is 0 Å². The molecule has 0 aromatic heterocycles. The molecular weight excluding hydrogens is 336 g/mol. The largest absolute Gasteiger partial charge is 0.360 e. The molecule has 3 rings (SSSR count). The zero-order chi connectivity index (χ0) is 18.4. The Morgan fingerprint density at radius 2 is 1.73 bits per heavy atom. The molecule has 0 spiro atoms. The van der Waals surface area contributed by atoms with E-state index in [-0.39, 0.29) is 17.5 Å². The maximum absolute atomic E-state index is 13.5.